The van der Waals surface area contributed by atoms with Crippen LogP contribution in [0.15, 0.2) is 0 Å². The topological polar surface area (TPSA) is 71.4 Å². The molecule has 0 aliphatic heterocycles. The summed E-state index contributed by atoms with van der Waals surface area (Å²) < 4.78 is 0. The van der Waals surface area contributed by atoms with Crippen LogP contribution in [0.1, 0.15) is 25.7 Å². The van der Waals surface area contributed by atoms with Gasteiger partial charge in [0, 0.05) is 19.3 Å². The highest BCUT2D eigenvalue weighted by Gasteiger charge is 2.27. The molecule has 0 saturated heterocycles. The molecule has 12 heavy (non-hydrogen) atoms. The highest BCUT2D eigenvalue weighted by atomic mass is 16.4. The van der Waals surface area contributed by atoms with E-state index in [0.29, 0.717) is 6.42 Å². The van der Waals surface area contributed by atoms with Crippen molar-refractivity contribution in [3.8, 4) is 0 Å². The Morgan fingerprint density at radius 1 is 1.42 bits per heavy atom. The molecule has 0 radical (unpaired) electrons. The molecule has 4 heteroatoms. The molecule has 0 bridgehead atoms. The molecular weight excluding hydrogens is 160 g/mol. The molecular formula is C8H10O4. The van der Waals surface area contributed by atoms with Crippen molar-refractivity contribution in [2.24, 2.45) is 5.92 Å². The molecule has 1 atom stereocenters. The van der Waals surface area contributed by atoms with Crippen LogP contribution in [0.2, 0.25) is 0 Å². The third kappa shape index (κ3) is 2.15. The van der Waals surface area contributed by atoms with Crippen molar-refractivity contribution in [1.82, 2.24) is 0 Å². The second-order valence-electron chi connectivity index (χ2n) is 3.05. The number of carbonyl (C=O) groups excluding carboxylic acids is 2. The summed E-state index contributed by atoms with van der Waals surface area (Å²) >= 11 is 0. The molecule has 0 aromatic rings. The molecule has 1 saturated carbocycles. The van der Waals surface area contributed by atoms with Crippen LogP contribution in [-0.4, -0.2) is 22.6 Å². The van der Waals surface area contributed by atoms with E-state index in [1.165, 1.54) is 0 Å². The number of Topliss-reactive ketones (excluding diaryl/α,β-unsaturated/α-hetero) is 2. The van der Waals surface area contributed by atoms with Crippen LogP contribution in [0.25, 0.3) is 0 Å². The standard InChI is InChI=1S/C8H10O4/c9-6-2-1-5(3-7(6)10)4-8(11)12/h5H,1-4H2,(H,11,12). The Balaban J connectivity index is 2.45. The van der Waals surface area contributed by atoms with Gasteiger partial charge in [-0.2, -0.15) is 0 Å². The van der Waals surface area contributed by atoms with Gasteiger partial charge in [-0.1, -0.05) is 0 Å². The lowest BCUT2D eigenvalue weighted by molar-refractivity contribution is -0.142. The number of rotatable bonds is 2. The van der Waals surface area contributed by atoms with Crippen molar-refractivity contribution in [2.45, 2.75) is 25.7 Å². The zero-order valence-electron chi connectivity index (χ0n) is 6.58. The van der Waals surface area contributed by atoms with Crippen molar-refractivity contribution in [2.75, 3.05) is 0 Å². The van der Waals surface area contributed by atoms with Crippen LogP contribution in [0.4, 0.5) is 0 Å². The van der Waals surface area contributed by atoms with Gasteiger partial charge in [0.2, 0.25) is 0 Å². The SMILES string of the molecule is O=C(O)CC1CCC(=O)C(=O)C1. The lowest BCUT2D eigenvalue weighted by Crippen LogP contribution is -2.25. The lowest BCUT2D eigenvalue weighted by atomic mass is 9.85. The highest BCUT2D eigenvalue weighted by molar-refractivity contribution is 6.37. The third-order valence-electron chi connectivity index (χ3n) is 2.03. The fourth-order valence-electron chi connectivity index (χ4n) is 1.37. The third-order valence-corrected chi connectivity index (χ3v) is 2.03. The lowest BCUT2D eigenvalue weighted by Gasteiger charge is -2.17. The maximum absolute atomic E-state index is 10.8. The van der Waals surface area contributed by atoms with Crippen LogP contribution in [0.3, 0.4) is 0 Å². The van der Waals surface area contributed by atoms with Crippen molar-refractivity contribution in [1.29, 1.82) is 0 Å². The van der Waals surface area contributed by atoms with E-state index < -0.39 is 11.8 Å². The van der Waals surface area contributed by atoms with Gasteiger partial charge >= 0.3 is 5.97 Å². The Hall–Kier alpha value is -1.19. The van der Waals surface area contributed by atoms with E-state index in [0.717, 1.165) is 0 Å². The van der Waals surface area contributed by atoms with Gasteiger partial charge < -0.3 is 5.11 Å². The molecule has 1 aliphatic rings. The maximum Gasteiger partial charge on any atom is 0.303 e. The minimum absolute atomic E-state index is 0.000972. The van der Waals surface area contributed by atoms with Crippen molar-refractivity contribution >= 4 is 17.5 Å². The zero-order valence-corrected chi connectivity index (χ0v) is 6.58. The minimum Gasteiger partial charge on any atom is -0.481 e. The van der Waals surface area contributed by atoms with Gasteiger partial charge in [0.05, 0.1) is 0 Å². The molecule has 0 heterocycles. The van der Waals surface area contributed by atoms with Gasteiger partial charge in [0.1, 0.15) is 0 Å². The molecule has 1 N–H and O–H groups in total. The predicted octanol–water partition coefficient (Wildman–Crippen LogP) is 0.399. The van der Waals surface area contributed by atoms with Crippen LogP contribution in [0.5, 0.6) is 0 Å². The Morgan fingerprint density at radius 3 is 2.58 bits per heavy atom. The van der Waals surface area contributed by atoms with E-state index in [1.54, 1.807) is 0 Å². The number of hydrogen-bond donors (Lipinski definition) is 1. The van der Waals surface area contributed by atoms with E-state index in [9.17, 15) is 14.4 Å². The first kappa shape index (κ1) is 8.90. The number of carboxylic acids is 1. The van der Waals surface area contributed by atoms with Gasteiger partial charge in [0.15, 0.2) is 11.6 Å². The molecule has 1 rings (SSSR count). The van der Waals surface area contributed by atoms with Crippen LogP contribution < -0.4 is 0 Å². The molecule has 0 amide bonds. The van der Waals surface area contributed by atoms with Gasteiger partial charge in [-0.3, -0.25) is 14.4 Å². The minimum atomic E-state index is -0.901. The largest absolute Gasteiger partial charge is 0.481 e. The first-order valence-electron chi connectivity index (χ1n) is 3.87. The molecule has 1 fully saturated rings. The monoisotopic (exact) mass is 170 g/mol. The Bertz CT molecular complexity index is 231. The fraction of sp³-hybridized carbons (Fsp3) is 0.625. The zero-order chi connectivity index (χ0) is 9.14. The van der Waals surface area contributed by atoms with E-state index in [1.807, 2.05) is 0 Å². The normalized spacial score (nSPS) is 24.2. The first-order valence-corrected chi connectivity index (χ1v) is 3.87. The molecule has 0 spiro atoms. The average molecular weight is 170 g/mol. The second kappa shape index (κ2) is 3.47. The van der Waals surface area contributed by atoms with Crippen LogP contribution >= 0.6 is 0 Å². The quantitative estimate of drug-likeness (QED) is 0.609. The Kier molecular flexibility index (Phi) is 2.58. The molecule has 0 aromatic carbocycles. The summed E-state index contributed by atoms with van der Waals surface area (Å²) in [5.41, 5.74) is 0. The highest BCUT2D eigenvalue weighted by Crippen LogP contribution is 2.21. The van der Waals surface area contributed by atoms with Crippen molar-refractivity contribution in [3.05, 3.63) is 0 Å². The van der Waals surface area contributed by atoms with E-state index in [-0.39, 0.29) is 31.0 Å². The molecule has 4 nitrogen and oxygen atoms in total. The van der Waals surface area contributed by atoms with Crippen LogP contribution in [-0.2, 0) is 14.4 Å². The first-order chi connectivity index (χ1) is 5.59. The molecule has 1 unspecified atom stereocenters. The molecule has 0 aromatic heterocycles. The summed E-state index contributed by atoms with van der Waals surface area (Å²) in [7, 11) is 0. The van der Waals surface area contributed by atoms with E-state index in [2.05, 4.69) is 0 Å². The molecule has 66 valence electrons. The number of ketones is 2. The number of hydrogen-bond acceptors (Lipinski definition) is 3. The Labute approximate surface area is 69.6 Å². The fourth-order valence-corrected chi connectivity index (χ4v) is 1.37. The van der Waals surface area contributed by atoms with Crippen molar-refractivity contribution in [3.63, 3.8) is 0 Å². The van der Waals surface area contributed by atoms with Gasteiger partial charge in [-0.05, 0) is 12.3 Å². The van der Waals surface area contributed by atoms with E-state index >= 15 is 0 Å². The summed E-state index contributed by atoms with van der Waals surface area (Å²) in [4.78, 5) is 31.8. The van der Waals surface area contributed by atoms with Crippen molar-refractivity contribution < 1.29 is 19.5 Å². The number of aliphatic carboxylic acids is 1. The van der Waals surface area contributed by atoms with E-state index in [4.69, 9.17) is 5.11 Å². The maximum atomic E-state index is 10.8. The summed E-state index contributed by atoms with van der Waals surface area (Å²) in [6.07, 6.45) is 0.873. The van der Waals surface area contributed by atoms with Crippen LogP contribution in [0, 0.1) is 5.92 Å². The average Bonchev–Trinajstić information content (AvgIpc) is 1.96. The molecule has 1 aliphatic carbocycles. The van der Waals surface area contributed by atoms with Gasteiger partial charge in [0.25, 0.3) is 0 Å². The summed E-state index contributed by atoms with van der Waals surface area (Å²) in [6.45, 7) is 0. The summed E-state index contributed by atoms with van der Waals surface area (Å²) in [6, 6.07) is 0. The number of carboxylic acid groups (broad SMARTS) is 1. The van der Waals surface area contributed by atoms with Gasteiger partial charge in [-0.25, -0.2) is 0 Å². The summed E-state index contributed by atoms with van der Waals surface area (Å²) in [5.74, 6) is -1.79. The summed E-state index contributed by atoms with van der Waals surface area (Å²) in [5, 5.41) is 8.42. The Morgan fingerprint density at radius 2 is 2.08 bits per heavy atom. The number of carbonyl (C=O) groups is 3. The van der Waals surface area contributed by atoms with Gasteiger partial charge in [-0.15, -0.1) is 0 Å². The predicted molar refractivity (Wildman–Crippen MR) is 39.6 cm³/mol. The second-order valence-corrected chi connectivity index (χ2v) is 3.05. The smallest absolute Gasteiger partial charge is 0.303 e.